The van der Waals surface area contributed by atoms with Gasteiger partial charge in [0, 0.05) is 6.20 Å². The van der Waals surface area contributed by atoms with Gasteiger partial charge in [-0.05, 0) is 25.0 Å². The summed E-state index contributed by atoms with van der Waals surface area (Å²) in [4.78, 5) is 4.22. The highest BCUT2D eigenvalue weighted by atomic mass is 35.5. The van der Waals surface area contributed by atoms with Gasteiger partial charge in [0.05, 0.1) is 11.2 Å². The minimum atomic E-state index is 0.383. The van der Waals surface area contributed by atoms with Gasteiger partial charge in [0.2, 0.25) is 5.88 Å². The van der Waals surface area contributed by atoms with Crippen molar-refractivity contribution in [3.05, 3.63) is 29.5 Å². The molecule has 2 aromatic heterocycles. The van der Waals surface area contributed by atoms with Crippen molar-refractivity contribution < 1.29 is 4.74 Å². The number of pyridine rings is 1. The molecular formula is C10H9ClN2O. The normalized spacial score (nSPS) is 16.1. The third-order valence-corrected chi connectivity index (χ3v) is 2.47. The number of hydrogen-bond acceptors (Lipinski definition) is 2. The van der Waals surface area contributed by atoms with Gasteiger partial charge < -0.3 is 4.74 Å². The summed E-state index contributed by atoms with van der Waals surface area (Å²) in [5, 5.41) is 0.691. The predicted octanol–water partition coefficient (Wildman–Crippen LogP) is 2.53. The number of nitrogens with zero attached hydrogens (tertiary/aromatic N) is 2. The molecule has 0 unspecified atom stereocenters. The summed E-state index contributed by atoms with van der Waals surface area (Å²) in [6.45, 7) is 0. The average molecular weight is 209 g/mol. The zero-order valence-electron chi connectivity index (χ0n) is 7.48. The van der Waals surface area contributed by atoms with Crippen molar-refractivity contribution in [2.75, 3.05) is 0 Å². The van der Waals surface area contributed by atoms with Gasteiger partial charge in [0.15, 0.2) is 0 Å². The summed E-state index contributed by atoms with van der Waals surface area (Å²) in [7, 11) is 0. The van der Waals surface area contributed by atoms with Crippen LogP contribution in [0.2, 0.25) is 5.02 Å². The first-order valence-electron chi connectivity index (χ1n) is 4.62. The molecule has 0 saturated heterocycles. The Labute approximate surface area is 86.3 Å². The van der Waals surface area contributed by atoms with Crippen molar-refractivity contribution in [1.29, 1.82) is 0 Å². The molecule has 14 heavy (non-hydrogen) atoms. The Bertz CT molecular complexity index is 476. The van der Waals surface area contributed by atoms with Gasteiger partial charge in [-0.2, -0.15) is 0 Å². The monoisotopic (exact) mass is 208 g/mol. The molecule has 0 N–H and O–H groups in total. The lowest BCUT2D eigenvalue weighted by molar-refractivity contribution is 0.288. The summed E-state index contributed by atoms with van der Waals surface area (Å²) < 4.78 is 7.55. The van der Waals surface area contributed by atoms with Crippen molar-refractivity contribution >= 4 is 17.2 Å². The summed E-state index contributed by atoms with van der Waals surface area (Å²) in [6, 6.07) is 3.70. The lowest BCUT2D eigenvalue weighted by Gasteiger charge is -2.03. The number of fused-ring (bicyclic) bond motifs is 1. The molecule has 72 valence electrons. The molecule has 3 nitrogen and oxygen atoms in total. The van der Waals surface area contributed by atoms with Crippen LogP contribution < -0.4 is 4.74 Å². The molecule has 0 atom stereocenters. The smallest absolute Gasteiger partial charge is 0.218 e. The van der Waals surface area contributed by atoms with Gasteiger partial charge in [-0.3, -0.25) is 4.40 Å². The highest BCUT2D eigenvalue weighted by Gasteiger charge is 2.24. The Morgan fingerprint density at radius 2 is 2.29 bits per heavy atom. The first-order chi connectivity index (χ1) is 6.83. The summed E-state index contributed by atoms with van der Waals surface area (Å²) >= 11 is 5.90. The molecule has 3 rings (SSSR count). The van der Waals surface area contributed by atoms with E-state index in [1.54, 1.807) is 6.20 Å². The third kappa shape index (κ3) is 1.34. The number of ether oxygens (including phenoxy) is 1. The minimum absolute atomic E-state index is 0.383. The Morgan fingerprint density at radius 3 is 3.07 bits per heavy atom. The molecule has 0 aliphatic heterocycles. The second-order valence-electron chi connectivity index (χ2n) is 3.49. The lowest BCUT2D eigenvalue weighted by atomic mass is 10.5. The zero-order valence-corrected chi connectivity index (χ0v) is 8.24. The molecule has 2 aromatic rings. The van der Waals surface area contributed by atoms with E-state index in [0.29, 0.717) is 11.1 Å². The van der Waals surface area contributed by atoms with Gasteiger partial charge in [0.1, 0.15) is 11.8 Å². The second kappa shape index (κ2) is 2.89. The lowest BCUT2D eigenvalue weighted by Crippen LogP contribution is -1.98. The highest BCUT2D eigenvalue weighted by Crippen LogP contribution is 2.27. The zero-order chi connectivity index (χ0) is 9.54. The van der Waals surface area contributed by atoms with Crippen LogP contribution in [-0.2, 0) is 0 Å². The molecule has 0 radical (unpaired) electrons. The molecule has 1 aliphatic carbocycles. The van der Waals surface area contributed by atoms with E-state index in [1.165, 1.54) is 0 Å². The van der Waals surface area contributed by atoms with Gasteiger partial charge in [-0.25, -0.2) is 4.98 Å². The van der Waals surface area contributed by atoms with Gasteiger partial charge in [0.25, 0.3) is 0 Å². The van der Waals surface area contributed by atoms with Crippen LogP contribution >= 0.6 is 11.6 Å². The molecule has 0 amide bonds. The molecule has 0 spiro atoms. The van der Waals surface area contributed by atoms with Crippen LogP contribution in [0.1, 0.15) is 12.8 Å². The van der Waals surface area contributed by atoms with E-state index in [4.69, 9.17) is 16.3 Å². The van der Waals surface area contributed by atoms with E-state index in [-0.39, 0.29) is 0 Å². The molecule has 1 fully saturated rings. The Morgan fingerprint density at radius 1 is 1.43 bits per heavy atom. The van der Waals surface area contributed by atoms with E-state index in [9.17, 15) is 0 Å². The van der Waals surface area contributed by atoms with Crippen molar-refractivity contribution in [3.63, 3.8) is 0 Å². The maximum atomic E-state index is 5.90. The van der Waals surface area contributed by atoms with E-state index < -0.39 is 0 Å². The van der Waals surface area contributed by atoms with E-state index in [2.05, 4.69) is 4.98 Å². The van der Waals surface area contributed by atoms with Crippen LogP contribution in [-0.4, -0.2) is 15.5 Å². The quantitative estimate of drug-likeness (QED) is 0.758. The van der Waals surface area contributed by atoms with Crippen molar-refractivity contribution in [1.82, 2.24) is 9.38 Å². The summed E-state index contributed by atoms with van der Waals surface area (Å²) in [6.07, 6.45) is 6.24. The highest BCUT2D eigenvalue weighted by molar-refractivity contribution is 6.30. The fraction of sp³-hybridized carbons (Fsp3) is 0.300. The predicted molar refractivity (Wildman–Crippen MR) is 53.9 cm³/mol. The fourth-order valence-electron chi connectivity index (χ4n) is 1.38. The van der Waals surface area contributed by atoms with Gasteiger partial charge >= 0.3 is 0 Å². The Hall–Kier alpha value is -1.22. The Kier molecular flexibility index (Phi) is 1.67. The molecule has 4 heteroatoms. The Balaban J connectivity index is 2.08. The van der Waals surface area contributed by atoms with Crippen molar-refractivity contribution in [2.45, 2.75) is 18.9 Å². The minimum Gasteiger partial charge on any atom is -0.474 e. The van der Waals surface area contributed by atoms with Crippen molar-refractivity contribution in [2.24, 2.45) is 0 Å². The maximum absolute atomic E-state index is 5.90. The van der Waals surface area contributed by atoms with E-state index >= 15 is 0 Å². The maximum Gasteiger partial charge on any atom is 0.218 e. The topological polar surface area (TPSA) is 26.5 Å². The third-order valence-electron chi connectivity index (χ3n) is 2.25. The number of imidazole rings is 1. The summed E-state index contributed by atoms with van der Waals surface area (Å²) in [5.74, 6) is 0.782. The fourth-order valence-corrected chi connectivity index (χ4v) is 1.54. The number of hydrogen-bond donors (Lipinski definition) is 0. The van der Waals surface area contributed by atoms with Crippen LogP contribution in [0.15, 0.2) is 24.5 Å². The average Bonchev–Trinajstić information content (AvgIpc) is 2.90. The van der Waals surface area contributed by atoms with Crippen LogP contribution in [0.4, 0.5) is 0 Å². The van der Waals surface area contributed by atoms with Gasteiger partial charge in [-0.15, -0.1) is 0 Å². The molecular weight excluding hydrogens is 200 g/mol. The SMILES string of the molecule is Clc1ccc2ncc(OC3CC3)n2c1. The van der Waals surface area contributed by atoms with E-state index in [1.807, 2.05) is 22.7 Å². The number of halogens is 1. The number of aromatic nitrogens is 2. The molecule has 2 heterocycles. The standard InChI is InChI=1S/C10H9ClN2O/c11-7-1-4-9-12-5-10(13(9)6-7)14-8-2-3-8/h1,4-6,8H,2-3H2. The van der Waals surface area contributed by atoms with Crippen molar-refractivity contribution in [3.8, 4) is 5.88 Å². The largest absolute Gasteiger partial charge is 0.474 e. The molecule has 1 aliphatic rings. The van der Waals surface area contributed by atoms with Crippen LogP contribution in [0.3, 0.4) is 0 Å². The summed E-state index contributed by atoms with van der Waals surface area (Å²) in [5.41, 5.74) is 0.866. The molecule has 0 aromatic carbocycles. The molecule has 1 saturated carbocycles. The number of rotatable bonds is 2. The van der Waals surface area contributed by atoms with Crippen LogP contribution in [0.25, 0.3) is 5.65 Å². The molecule has 0 bridgehead atoms. The first kappa shape index (κ1) is 8.12. The van der Waals surface area contributed by atoms with Crippen LogP contribution in [0.5, 0.6) is 5.88 Å². The van der Waals surface area contributed by atoms with E-state index in [0.717, 1.165) is 24.4 Å². The van der Waals surface area contributed by atoms with Gasteiger partial charge in [-0.1, -0.05) is 11.6 Å². The second-order valence-corrected chi connectivity index (χ2v) is 3.93. The first-order valence-corrected chi connectivity index (χ1v) is 5.00. The van der Waals surface area contributed by atoms with Crippen LogP contribution in [0, 0.1) is 0 Å².